The Labute approximate surface area is 147 Å². The molecule has 0 aliphatic carbocycles. The number of hydrogen-bond acceptors (Lipinski definition) is 8. The average Bonchev–Trinajstić information content (AvgIpc) is 2.66. The van der Waals surface area contributed by atoms with Gasteiger partial charge in [0.15, 0.2) is 23.8 Å². The third-order valence-electron chi connectivity index (χ3n) is 3.16. The van der Waals surface area contributed by atoms with Crippen LogP contribution in [0.5, 0.6) is 11.5 Å². The molecule has 1 aromatic carbocycles. The maximum absolute atomic E-state index is 11.8. The summed E-state index contributed by atoms with van der Waals surface area (Å²) in [6.45, 7) is 0.240. The largest absolute Gasteiger partial charge is 0.486 e. The smallest absolute Gasteiger partial charge is 0.359 e. The second kappa shape index (κ2) is 7.92. The molecule has 0 spiro atoms. The van der Waals surface area contributed by atoms with Crippen LogP contribution in [-0.2, 0) is 9.53 Å². The molecule has 26 heavy (non-hydrogen) atoms. The van der Waals surface area contributed by atoms with Crippen LogP contribution in [0.4, 0.5) is 10.5 Å². The molecule has 1 aliphatic heterocycles. The number of carbonyl (C=O) groups excluding carboxylic acids is 3. The van der Waals surface area contributed by atoms with Crippen molar-refractivity contribution < 1.29 is 28.6 Å². The second-order valence-corrected chi connectivity index (χ2v) is 5.03. The molecule has 2 N–H and O–H groups in total. The molecule has 0 saturated carbocycles. The second-order valence-electron chi connectivity index (χ2n) is 5.03. The zero-order valence-corrected chi connectivity index (χ0v) is 13.4. The first-order valence-corrected chi connectivity index (χ1v) is 7.55. The standard InChI is InChI=1S/C16H14N4O6/c21-14(9-26-15(22)11-8-17-3-4-18-11)20-16(23)19-10-1-2-12-13(7-10)25-6-5-24-12/h1-4,7-8H,5-6,9H2,(H2,19,20,21,23). The van der Waals surface area contributed by atoms with E-state index < -0.39 is 24.5 Å². The summed E-state index contributed by atoms with van der Waals surface area (Å²) in [5.41, 5.74) is 0.372. The lowest BCUT2D eigenvalue weighted by Gasteiger charge is -2.19. The van der Waals surface area contributed by atoms with Crippen molar-refractivity contribution in [3.05, 3.63) is 42.5 Å². The molecular formula is C16H14N4O6. The number of carbonyl (C=O) groups is 3. The van der Waals surface area contributed by atoms with Gasteiger partial charge in [-0.3, -0.25) is 15.1 Å². The highest BCUT2D eigenvalue weighted by Gasteiger charge is 2.15. The molecule has 0 atom stereocenters. The summed E-state index contributed by atoms with van der Waals surface area (Å²) < 4.78 is 15.5. The van der Waals surface area contributed by atoms with Crippen molar-refractivity contribution in [3.8, 4) is 11.5 Å². The normalized spacial score (nSPS) is 12.0. The average molecular weight is 358 g/mol. The van der Waals surface area contributed by atoms with E-state index in [0.29, 0.717) is 30.4 Å². The van der Waals surface area contributed by atoms with Gasteiger partial charge in [-0.15, -0.1) is 0 Å². The van der Waals surface area contributed by atoms with Crippen LogP contribution >= 0.6 is 0 Å². The van der Waals surface area contributed by atoms with Crippen LogP contribution in [0, 0.1) is 0 Å². The maximum Gasteiger partial charge on any atom is 0.359 e. The van der Waals surface area contributed by atoms with Gasteiger partial charge >= 0.3 is 12.0 Å². The Bertz CT molecular complexity index is 827. The van der Waals surface area contributed by atoms with Crippen molar-refractivity contribution in [2.24, 2.45) is 0 Å². The van der Waals surface area contributed by atoms with Crippen molar-refractivity contribution in [2.75, 3.05) is 25.1 Å². The van der Waals surface area contributed by atoms with E-state index in [4.69, 9.17) is 14.2 Å². The minimum absolute atomic E-state index is 0.0407. The molecule has 10 nitrogen and oxygen atoms in total. The van der Waals surface area contributed by atoms with Gasteiger partial charge in [-0.1, -0.05) is 0 Å². The van der Waals surface area contributed by atoms with E-state index in [0.717, 1.165) is 0 Å². The lowest BCUT2D eigenvalue weighted by atomic mass is 10.2. The highest BCUT2D eigenvalue weighted by atomic mass is 16.6. The fourth-order valence-corrected chi connectivity index (χ4v) is 2.06. The fourth-order valence-electron chi connectivity index (χ4n) is 2.06. The van der Waals surface area contributed by atoms with E-state index in [1.807, 2.05) is 5.32 Å². The Morgan fingerprint density at radius 1 is 1.12 bits per heavy atom. The SMILES string of the molecule is O=C(COC(=O)c1cnccn1)NC(=O)Nc1ccc2c(c1)OCCO2. The van der Waals surface area contributed by atoms with E-state index in [2.05, 4.69) is 15.3 Å². The van der Waals surface area contributed by atoms with Gasteiger partial charge in [0.1, 0.15) is 13.2 Å². The number of fused-ring (bicyclic) bond motifs is 1. The first-order chi connectivity index (χ1) is 12.6. The lowest BCUT2D eigenvalue weighted by molar-refractivity contribution is -0.123. The number of benzene rings is 1. The van der Waals surface area contributed by atoms with Gasteiger partial charge in [-0.05, 0) is 12.1 Å². The number of rotatable bonds is 4. The third kappa shape index (κ3) is 4.44. The van der Waals surface area contributed by atoms with Crippen LogP contribution < -0.4 is 20.1 Å². The zero-order chi connectivity index (χ0) is 18.4. The van der Waals surface area contributed by atoms with Gasteiger partial charge in [0.05, 0.1) is 6.20 Å². The number of anilines is 1. The number of nitrogens with zero attached hydrogens (tertiary/aromatic N) is 2. The Hall–Kier alpha value is -3.69. The summed E-state index contributed by atoms with van der Waals surface area (Å²) in [5.74, 6) is -0.537. The monoisotopic (exact) mass is 358 g/mol. The van der Waals surface area contributed by atoms with E-state index >= 15 is 0 Å². The van der Waals surface area contributed by atoms with Crippen LogP contribution in [-0.4, -0.2) is 47.7 Å². The van der Waals surface area contributed by atoms with Crippen LogP contribution in [0.3, 0.4) is 0 Å². The van der Waals surface area contributed by atoms with Gasteiger partial charge in [-0.25, -0.2) is 14.6 Å². The molecule has 0 radical (unpaired) electrons. The van der Waals surface area contributed by atoms with E-state index in [1.165, 1.54) is 18.6 Å². The summed E-state index contributed by atoms with van der Waals surface area (Å²) in [7, 11) is 0. The van der Waals surface area contributed by atoms with Crippen molar-refractivity contribution in [2.45, 2.75) is 0 Å². The summed E-state index contributed by atoms with van der Waals surface area (Å²) in [6, 6.07) is 4.05. The van der Waals surface area contributed by atoms with Crippen LogP contribution in [0.25, 0.3) is 0 Å². The molecule has 3 amide bonds. The predicted octanol–water partition coefficient (Wildman–Crippen LogP) is 0.753. The molecule has 134 valence electrons. The van der Waals surface area contributed by atoms with Crippen LogP contribution in [0.2, 0.25) is 0 Å². The van der Waals surface area contributed by atoms with Gasteiger partial charge in [-0.2, -0.15) is 0 Å². The molecule has 0 unspecified atom stereocenters. The number of aromatic nitrogens is 2. The molecule has 0 saturated heterocycles. The molecule has 10 heteroatoms. The number of esters is 1. The van der Waals surface area contributed by atoms with E-state index in [9.17, 15) is 14.4 Å². The Morgan fingerprint density at radius 3 is 2.69 bits per heavy atom. The van der Waals surface area contributed by atoms with E-state index in [1.54, 1.807) is 18.2 Å². The Morgan fingerprint density at radius 2 is 1.92 bits per heavy atom. The number of amides is 3. The Kier molecular flexibility index (Phi) is 5.22. The highest BCUT2D eigenvalue weighted by molar-refractivity contribution is 6.02. The quantitative estimate of drug-likeness (QED) is 0.766. The van der Waals surface area contributed by atoms with Crippen LogP contribution in [0.1, 0.15) is 10.5 Å². The van der Waals surface area contributed by atoms with Gasteiger partial charge in [0.25, 0.3) is 5.91 Å². The number of urea groups is 1. The number of imide groups is 1. The van der Waals surface area contributed by atoms with Crippen molar-refractivity contribution >= 4 is 23.6 Å². The molecule has 1 aromatic heterocycles. The van der Waals surface area contributed by atoms with Crippen molar-refractivity contribution in [1.82, 2.24) is 15.3 Å². The first-order valence-electron chi connectivity index (χ1n) is 7.55. The van der Waals surface area contributed by atoms with Gasteiger partial charge < -0.3 is 19.5 Å². The van der Waals surface area contributed by atoms with E-state index in [-0.39, 0.29) is 5.69 Å². The summed E-state index contributed by atoms with van der Waals surface area (Å²) in [6.07, 6.45) is 3.91. The zero-order valence-electron chi connectivity index (χ0n) is 13.4. The molecule has 2 heterocycles. The van der Waals surface area contributed by atoms with Gasteiger partial charge in [0, 0.05) is 24.1 Å². The molecule has 3 rings (SSSR count). The molecular weight excluding hydrogens is 344 g/mol. The first kappa shape index (κ1) is 17.1. The number of hydrogen-bond donors (Lipinski definition) is 2. The summed E-state index contributed by atoms with van der Waals surface area (Å²) in [5, 5.41) is 4.51. The predicted molar refractivity (Wildman–Crippen MR) is 86.9 cm³/mol. The minimum Gasteiger partial charge on any atom is -0.486 e. The van der Waals surface area contributed by atoms with Crippen molar-refractivity contribution in [1.29, 1.82) is 0 Å². The summed E-state index contributed by atoms with van der Waals surface area (Å²) in [4.78, 5) is 42.6. The Balaban J connectivity index is 1.47. The lowest BCUT2D eigenvalue weighted by Crippen LogP contribution is -2.37. The highest BCUT2D eigenvalue weighted by Crippen LogP contribution is 2.32. The number of nitrogens with one attached hydrogen (secondary N) is 2. The maximum atomic E-state index is 11.8. The van der Waals surface area contributed by atoms with Crippen molar-refractivity contribution in [3.63, 3.8) is 0 Å². The number of ether oxygens (including phenoxy) is 3. The van der Waals surface area contributed by atoms with Crippen LogP contribution in [0.15, 0.2) is 36.8 Å². The fraction of sp³-hybridized carbons (Fsp3) is 0.188. The molecule has 1 aliphatic rings. The molecule has 2 aromatic rings. The van der Waals surface area contributed by atoms with Gasteiger partial charge in [0.2, 0.25) is 0 Å². The third-order valence-corrected chi connectivity index (χ3v) is 3.16. The topological polar surface area (TPSA) is 129 Å². The minimum atomic E-state index is -0.819. The molecule has 0 bridgehead atoms. The molecule has 0 fully saturated rings. The summed E-state index contributed by atoms with van der Waals surface area (Å²) >= 11 is 0.